The fraction of sp³-hybridized carbons (Fsp3) is 0.120. The third-order valence-corrected chi connectivity index (χ3v) is 5.58. The molecule has 0 saturated carbocycles. The topological polar surface area (TPSA) is 55.2 Å². The van der Waals surface area contributed by atoms with Crippen molar-refractivity contribution in [1.82, 2.24) is 5.32 Å². The number of fused-ring (bicyclic) bond motifs is 1. The van der Waals surface area contributed by atoms with Crippen molar-refractivity contribution in [2.45, 2.75) is 19.0 Å². The third-order valence-electron chi connectivity index (χ3n) is 5.32. The van der Waals surface area contributed by atoms with Crippen LogP contribution in [0.2, 0.25) is 5.02 Å². The summed E-state index contributed by atoms with van der Waals surface area (Å²) in [6.07, 6.45) is 0. The molecule has 0 heterocycles. The molecule has 0 aliphatic rings. The highest BCUT2D eigenvalue weighted by Crippen LogP contribution is 2.31. The van der Waals surface area contributed by atoms with E-state index in [1.807, 2.05) is 42.5 Å². The summed E-state index contributed by atoms with van der Waals surface area (Å²) in [5.74, 6) is 0. The molecule has 0 amide bonds. The molecule has 1 unspecified atom stereocenters. The van der Waals surface area contributed by atoms with Gasteiger partial charge in [-0.25, -0.2) is 0 Å². The summed E-state index contributed by atoms with van der Waals surface area (Å²) < 4.78 is 0. The van der Waals surface area contributed by atoms with Crippen LogP contribution in [-0.2, 0) is 0 Å². The zero-order chi connectivity index (χ0) is 21.1. The lowest BCUT2D eigenvalue weighted by molar-refractivity contribution is -0.384. The number of rotatable bonds is 6. The maximum Gasteiger partial charge on any atom is 0.269 e. The first-order valence-corrected chi connectivity index (χ1v) is 10.1. The van der Waals surface area contributed by atoms with Crippen LogP contribution < -0.4 is 5.32 Å². The van der Waals surface area contributed by atoms with Gasteiger partial charge in [-0.15, -0.1) is 0 Å². The molecule has 0 spiro atoms. The van der Waals surface area contributed by atoms with Crippen molar-refractivity contribution in [3.05, 3.63) is 123 Å². The van der Waals surface area contributed by atoms with Crippen molar-refractivity contribution in [2.24, 2.45) is 0 Å². The Morgan fingerprint density at radius 3 is 2.33 bits per heavy atom. The first-order valence-electron chi connectivity index (χ1n) is 9.76. The van der Waals surface area contributed by atoms with Gasteiger partial charge in [0.05, 0.1) is 11.0 Å². The van der Waals surface area contributed by atoms with Gasteiger partial charge in [0.15, 0.2) is 0 Å². The van der Waals surface area contributed by atoms with Gasteiger partial charge in [0.25, 0.3) is 5.69 Å². The van der Waals surface area contributed by atoms with Crippen molar-refractivity contribution >= 4 is 28.1 Å². The fourth-order valence-electron chi connectivity index (χ4n) is 3.83. The number of nitro benzene ring substituents is 1. The molecule has 0 aromatic heterocycles. The smallest absolute Gasteiger partial charge is 0.269 e. The van der Waals surface area contributed by atoms with Crippen LogP contribution in [0.15, 0.2) is 91.0 Å². The Bertz CT molecular complexity index is 1190. The van der Waals surface area contributed by atoms with Gasteiger partial charge in [0, 0.05) is 23.2 Å². The van der Waals surface area contributed by atoms with E-state index in [-0.39, 0.29) is 22.7 Å². The summed E-state index contributed by atoms with van der Waals surface area (Å²) in [7, 11) is 0. The highest BCUT2D eigenvalue weighted by Gasteiger charge is 2.20. The van der Waals surface area contributed by atoms with E-state index < -0.39 is 0 Å². The van der Waals surface area contributed by atoms with Gasteiger partial charge >= 0.3 is 0 Å². The summed E-state index contributed by atoms with van der Waals surface area (Å²) >= 11 is 6.09. The molecule has 0 radical (unpaired) electrons. The van der Waals surface area contributed by atoms with E-state index >= 15 is 0 Å². The molecule has 4 aromatic carbocycles. The van der Waals surface area contributed by atoms with Gasteiger partial charge in [0.2, 0.25) is 0 Å². The summed E-state index contributed by atoms with van der Waals surface area (Å²) in [5, 5.41) is 18.0. The fourth-order valence-corrected chi connectivity index (χ4v) is 3.95. The molecule has 4 rings (SSSR count). The number of halogens is 1. The summed E-state index contributed by atoms with van der Waals surface area (Å²) in [4.78, 5) is 11.0. The largest absolute Gasteiger partial charge is 0.300 e. The highest BCUT2D eigenvalue weighted by molar-refractivity contribution is 6.30. The quantitative estimate of drug-likeness (QED) is 0.276. The second kappa shape index (κ2) is 8.66. The molecule has 1 N–H and O–H groups in total. The van der Waals surface area contributed by atoms with Crippen LogP contribution in [0.5, 0.6) is 0 Å². The normalized spacial score (nSPS) is 13.1. The van der Waals surface area contributed by atoms with Crippen LogP contribution in [-0.4, -0.2) is 4.92 Å². The highest BCUT2D eigenvalue weighted by atomic mass is 35.5. The maximum atomic E-state index is 11.3. The van der Waals surface area contributed by atoms with E-state index in [4.69, 9.17) is 11.6 Å². The van der Waals surface area contributed by atoms with Gasteiger partial charge in [-0.3, -0.25) is 15.4 Å². The van der Waals surface area contributed by atoms with Gasteiger partial charge in [0.1, 0.15) is 0 Å². The first kappa shape index (κ1) is 20.1. The number of hydrogen-bond acceptors (Lipinski definition) is 3. The average molecular weight is 417 g/mol. The molecule has 4 aromatic rings. The first-order chi connectivity index (χ1) is 14.5. The maximum absolute atomic E-state index is 11.3. The number of nitrogens with zero attached hydrogens (tertiary/aromatic N) is 1. The molecule has 0 saturated heterocycles. The number of benzene rings is 4. The van der Waals surface area contributed by atoms with Crippen molar-refractivity contribution in [1.29, 1.82) is 0 Å². The van der Waals surface area contributed by atoms with Crippen LogP contribution in [0, 0.1) is 10.1 Å². The van der Waals surface area contributed by atoms with Crippen molar-refractivity contribution < 1.29 is 4.92 Å². The third kappa shape index (κ3) is 4.20. The molecule has 0 aliphatic carbocycles. The Morgan fingerprint density at radius 1 is 0.867 bits per heavy atom. The Morgan fingerprint density at radius 2 is 1.57 bits per heavy atom. The zero-order valence-corrected chi connectivity index (χ0v) is 17.2. The van der Waals surface area contributed by atoms with E-state index in [0.29, 0.717) is 5.02 Å². The number of hydrogen-bond donors (Lipinski definition) is 1. The minimum Gasteiger partial charge on any atom is -0.300 e. The molecule has 5 heteroatoms. The molecule has 0 fully saturated rings. The van der Waals surface area contributed by atoms with Crippen molar-refractivity contribution in [2.75, 3.05) is 0 Å². The van der Waals surface area contributed by atoms with Crippen molar-refractivity contribution in [3.8, 4) is 0 Å². The van der Waals surface area contributed by atoms with Crippen LogP contribution in [0.3, 0.4) is 0 Å². The van der Waals surface area contributed by atoms with Gasteiger partial charge in [-0.1, -0.05) is 78.3 Å². The van der Waals surface area contributed by atoms with E-state index in [2.05, 4.69) is 42.6 Å². The van der Waals surface area contributed by atoms with Crippen LogP contribution in [0.25, 0.3) is 10.8 Å². The molecule has 0 aliphatic heterocycles. The van der Waals surface area contributed by atoms with Gasteiger partial charge < -0.3 is 0 Å². The van der Waals surface area contributed by atoms with E-state index in [1.165, 1.54) is 22.4 Å². The Hall–Kier alpha value is -3.21. The minimum absolute atomic E-state index is 0.0102. The summed E-state index contributed by atoms with van der Waals surface area (Å²) in [6, 6.07) is 28.7. The predicted molar refractivity (Wildman–Crippen MR) is 122 cm³/mol. The van der Waals surface area contributed by atoms with Crippen molar-refractivity contribution in [3.63, 3.8) is 0 Å². The van der Waals surface area contributed by atoms with Crippen LogP contribution >= 0.6 is 11.6 Å². The second-order valence-corrected chi connectivity index (χ2v) is 7.73. The Kier molecular flexibility index (Phi) is 5.79. The SMILES string of the molecule is C[C@@H](NC(c1ccc(Cl)cc1)c1cccc([N+](=O)[O-])c1)c1cccc2ccccc12. The van der Waals surface area contributed by atoms with E-state index in [1.54, 1.807) is 12.1 Å². The summed E-state index contributed by atoms with van der Waals surface area (Å²) in [6.45, 7) is 2.11. The number of nitro groups is 1. The molecule has 2 atom stereocenters. The standard InChI is InChI=1S/C25H21ClN2O2/c1-17(23-11-5-7-18-6-2-3-10-24(18)23)27-25(19-12-14-21(26)15-13-19)20-8-4-9-22(16-20)28(29)30/h2-17,25,27H,1H3/t17-,25?/m1/s1. The summed E-state index contributed by atoms with van der Waals surface area (Å²) in [5.41, 5.74) is 3.08. The number of non-ortho nitro benzene ring substituents is 1. The second-order valence-electron chi connectivity index (χ2n) is 7.29. The number of nitrogens with one attached hydrogen (secondary N) is 1. The minimum atomic E-state index is -0.365. The monoisotopic (exact) mass is 416 g/mol. The Balaban J connectivity index is 1.75. The molecular weight excluding hydrogens is 396 g/mol. The molecular formula is C25H21ClN2O2. The zero-order valence-electron chi connectivity index (χ0n) is 16.5. The van der Waals surface area contributed by atoms with E-state index in [0.717, 1.165) is 11.1 Å². The molecule has 30 heavy (non-hydrogen) atoms. The Labute approximate surface area is 180 Å². The van der Waals surface area contributed by atoms with Crippen LogP contribution in [0.4, 0.5) is 5.69 Å². The lowest BCUT2D eigenvalue weighted by Crippen LogP contribution is -2.26. The van der Waals surface area contributed by atoms with E-state index in [9.17, 15) is 10.1 Å². The lowest BCUT2D eigenvalue weighted by atomic mass is 9.94. The molecule has 4 nitrogen and oxygen atoms in total. The van der Waals surface area contributed by atoms with Crippen LogP contribution in [0.1, 0.15) is 35.7 Å². The molecule has 150 valence electrons. The predicted octanol–water partition coefficient (Wildman–Crippen LogP) is 6.84. The lowest BCUT2D eigenvalue weighted by Gasteiger charge is -2.25. The molecule has 0 bridgehead atoms. The van der Waals surface area contributed by atoms with Gasteiger partial charge in [-0.05, 0) is 46.5 Å². The average Bonchev–Trinajstić information content (AvgIpc) is 2.77. The van der Waals surface area contributed by atoms with Gasteiger partial charge in [-0.2, -0.15) is 0 Å².